The molecule has 1 aromatic carbocycles. The summed E-state index contributed by atoms with van der Waals surface area (Å²) in [6, 6.07) is 6.15. The van der Waals surface area contributed by atoms with Crippen LogP contribution in [0.25, 0.3) is 11.0 Å². The highest BCUT2D eigenvalue weighted by molar-refractivity contribution is 5.92. The molecule has 27 heavy (non-hydrogen) atoms. The Balaban J connectivity index is 1.49. The van der Waals surface area contributed by atoms with Crippen LogP contribution in [0.1, 0.15) is 25.3 Å². The van der Waals surface area contributed by atoms with Gasteiger partial charge in [0.05, 0.1) is 11.3 Å². The van der Waals surface area contributed by atoms with Crippen LogP contribution in [0.4, 0.5) is 5.69 Å². The minimum Gasteiger partial charge on any atom is -0.369 e. The molecule has 2 saturated heterocycles. The monoisotopic (exact) mass is 364 g/mol. The van der Waals surface area contributed by atoms with Crippen molar-refractivity contribution >= 4 is 16.7 Å². The maximum Gasteiger partial charge on any atom is 0.113 e. The van der Waals surface area contributed by atoms with Gasteiger partial charge in [-0.3, -0.25) is 9.97 Å². The highest BCUT2D eigenvalue weighted by Gasteiger charge is 2.33. The molecule has 0 saturated carbocycles. The quantitative estimate of drug-likeness (QED) is 0.896. The zero-order valence-electron chi connectivity index (χ0n) is 16.0. The van der Waals surface area contributed by atoms with Gasteiger partial charge in [0.2, 0.25) is 0 Å². The van der Waals surface area contributed by atoms with E-state index in [-0.39, 0.29) is 0 Å². The van der Waals surface area contributed by atoms with Crippen LogP contribution in [-0.2, 0) is 0 Å². The number of nitriles is 1. The summed E-state index contributed by atoms with van der Waals surface area (Å²) in [6.45, 7) is 8.77. The van der Waals surface area contributed by atoms with Gasteiger partial charge in [-0.15, -0.1) is 0 Å². The molecule has 2 fully saturated rings. The topological polar surface area (TPSA) is 82.1 Å². The molecular formula is C21H28N6. The molecule has 6 nitrogen and oxygen atoms in total. The Labute approximate surface area is 161 Å². The highest BCUT2D eigenvalue weighted by atomic mass is 15.2. The molecule has 0 radical (unpaired) electrons. The second kappa shape index (κ2) is 7.79. The second-order valence-electron chi connectivity index (χ2n) is 8.12. The molecule has 2 aliphatic heterocycles. The van der Waals surface area contributed by atoms with E-state index in [0.29, 0.717) is 28.8 Å². The van der Waals surface area contributed by atoms with E-state index >= 15 is 0 Å². The largest absolute Gasteiger partial charge is 0.369 e. The first-order chi connectivity index (χ1) is 13.2. The summed E-state index contributed by atoms with van der Waals surface area (Å²) < 4.78 is 0. The zero-order valence-corrected chi connectivity index (χ0v) is 16.0. The number of fused-ring (bicyclic) bond motifs is 1. The van der Waals surface area contributed by atoms with Crippen molar-refractivity contribution in [1.82, 2.24) is 14.9 Å². The van der Waals surface area contributed by atoms with Crippen LogP contribution in [-0.4, -0.2) is 54.1 Å². The molecular weight excluding hydrogens is 336 g/mol. The van der Waals surface area contributed by atoms with Crippen molar-refractivity contribution in [2.45, 2.75) is 19.8 Å². The number of piperidine rings is 1. The summed E-state index contributed by atoms with van der Waals surface area (Å²) in [5.41, 5.74) is 9.07. The van der Waals surface area contributed by atoms with Crippen molar-refractivity contribution in [2.24, 2.45) is 23.5 Å². The van der Waals surface area contributed by atoms with E-state index in [9.17, 15) is 5.26 Å². The molecule has 2 aromatic rings. The Morgan fingerprint density at radius 2 is 1.89 bits per heavy atom. The Bertz CT molecular complexity index is 836. The van der Waals surface area contributed by atoms with Crippen molar-refractivity contribution in [3.63, 3.8) is 0 Å². The first-order valence-corrected chi connectivity index (χ1v) is 10.0. The smallest absolute Gasteiger partial charge is 0.113 e. The van der Waals surface area contributed by atoms with Crippen molar-refractivity contribution in [3.8, 4) is 6.07 Å². The highest BCUT2D eigenvalue weighted by Crippen LogP contribution is 2.33. The fourth-order valence-electron chi connectivity index (χ4n) is 4.59. The molecule has 0 aliphatic carbocycles. The van der Waals surface area contributed by atoms with Gasteiger partial charge in [0, 0.05) is 32.0 Å². The average Bonchev–Trinajstić information content (AvgIpc) is 3.07. The van der Waals surface area contributed by atoms with Crippen molar-refractivity contribution in [2.75, 3.05) is 44.2 Å². The van der Waals surface area contributed by atoms with Gasteiger partial charge in [0.1, 0.15) is 17.1 Å². The van der Waals surface area contributed by atoms with E-state index in [1.165, 1.54) is 25.9 Å². The fourth-order valence-corrected chi connectivity index (χ4v) is 4.59. The summed E-state index contributed by atoms with van der Waals surface area (Å²) in [5, 5.41) is 9.35. The molecule has 4 rings (SSSR count). The molecule has 3 heterocycles. The number of anilines is 1. The molecule has 0 bridgehead atoms. The third kappa shape index (κ3) is 3.62. The third-order valence-electron chi connectivity index (χ3n) is 6.37. The number of benzene rings is 1. The number of nitrogens with two attached hydrogens (primary N) is 1. The predicted octanol–water partition coefficient (Wildman–Crippen LogP) is 2.24. The molecule has 142 valence electrons. The summed E-state index contributed by atoms with van der Waals surface area (Å²) in [5.74, 6) is 2.00. The Kier molecular flexibility index (Phi) is 5.24. The Hall–Kier alpha value is -2.23. The summed E-state index contributed by atoms with van der Waals surface area (Å²) >= 11 is 0. The van der Waals surface area contributed by atoms with Gasteiger partial charge in [-0.2, -0.15) is 5.26 Å². The van der Waals surface area contributed by atoms with Crippen LogP contribution < -0.4 is 10.6 Å². The SMILES string of the molecule is C[C@H]1CN(c2ccc(C#N)c3nccnc23)C[C@@H]1CN1CCC(CN)CC1. The first kappa shape index (κ1) is 18.1. The number of nitrogens with zero attached hydrogens (tertiary/aromatic N) is 5. The van der Waals surface area contributed by atoms with Gasteiger partial charge in [-0.25, -0.2) is 0 Å². The number of aromatic nitrogens is 2. The van der Waals surface area contributed by atoms with Gasteiger partial charge in [0.15, 0.2) is 0 Å². The third-order valence-corrected chi connectivity index (χ3v) is 6.37. The van der Waals surface area contributed by atoms with E-state index in [1.807, 2.05) is 12.1 Å². The van der Waals surface area contributed by atoms with E-state index in [2.05, 4.69) is 32.8 Å². The van der Waals surface area contributed by atoms with E-state index in [4.69, 9.17) is 5.73 Å². The van der Waals surface area contributed by atoms with Crippen LogP contribution in [0, 0.1) is 29.1 Å². The summed E-state index contributed by atoms with van der Waals surface area (Å²) in [6.07, 6.45) is 5.84. The summed E-state index contributed by atoms with van der Waals surface area (Å²) in [4.78, 5) is 14.0. The fraction of sp³-hybridized carbons (Fsp3) is 0.571. The average molecular weight is 364 g/mol. The predicted molar refractivity (Wildman–Crippen MR) is 107 cm³/mol. The van der Waals surface area contributed by atoms with Crippen molar-refractivity contribution in [1.29, 1.82) is 5.26 Å². The number of hydrogen-bond acceptors (Lipinski definition) is 6. The van der Waals surface area contributed by atoms with Crippen LogP contribution in [0.5, 0.6) is 0 Å². The molecule has 2 atom stereocenters. The standard InChI is InChI=1S/C21H28N6/c1-15-12-27(14-18(15)13-26-8-4-16(10-22)5-9-26)19-3-2-17(11-23)20-21(19)25-7-6-24-20/h2-3,6-7,15-16,18H,4-5,8-10,12-14,22H2,1H3/t15-,18-/m0/s1. The normalized spacial score (nSPS) is 24.4. The van der Waals surface area contributed by atoms with Crippen LogP contribution in [0.3, 0.4) is 0 Å². The van der Waals surface area contributed by atoms with E-state index < -0.39 is 0 Å². The van der Waals surface area contributed by atoms with Gasteiger partial charge < -0.3 is 15.5 Å². The lowest BCUT2D eigenvalue weighted by Gasteiger charge is -2.33. The number of hydrogen-bond donors (Lipinski definition) is 1. The lowest BCUT2D eigenvalue weighted by Crippen LogP contribution is -2.40. The molecule has 2 N–H and O–H groups in total. The molecule has 0 unspecified atom stereocenters. The van der Waals surface area contributed by atoms with Gasteiger partial charge in [-0.1, -0.05) is 6.92 Å². The van der Waals surface area contributed by atoms with Gasteiger partial charge in [0.25, 0.3) is 0 Å². The number of likely N-dealkylation sites (tertiary alicyclic amines) is 1. The Morgan fingerprint density at radius 1 is 1.15 bits per heavy atom. The van der Waals surface area contributed by atoms with Crippen LogP contribution in [0.2, 0.25) is 0 Å². The van der Waals surface area contributed by atoms with E-state index in [1.54, 1.807) is 12.4 Å². The summed E-state index contributed by atoms with van der Waals surface area (Å²) in [7, 11) is 0. The maximum atomic E-state index is 9.35. The first-order valence-electron chi connectivity index (χ1n) is 10.0. The second-order valence-corrected chi connectivity index (χ2v) is 8.12. The molecule has 1 aromatic heterocycles. The zero-order chi connectivity index (χ0) is 18.8. The van der Waals surface area contributed by atoms with Gasteiger partial charge >= 0.3 is 0 Å². The maximum absolute atomic E-state index is 9.35. The van der Waals surface area contributed by atoms with E-state index in [0.717, 1.165) is 37.4 Å². The minimum atomic E-state index is 0.591. The molecule has 6 heteroatoms. The molecule has 0 spiro atoms. The lowest BCUT2D eigenvalue weighted by atomic mass is 9.93. The number of rotatable bonds is 4. The minimum absolute atomic E-state index is 0.591. The van der Waals surface area contributed by atoms with Crippen LogP contribution in [0.15, 0.2) is 24.5 Å². The van der Waals surface area contributed by atoms with Gasteiger partial charge in [-0.05, 0) is 62.4 Å². The van der Waals surface area contributed by atoms with Crippen molar-refractivity contribution < 1.29 is 0 Å². The van der Waals surface area contributed by atoms with Crippen LogP contribution >= 0.6 is 0 Å². The van der Waals surface area contributed by atoms with Crippen molar-refractivity contribution in [3.05, 3.63) is 30.1 Å². The molecule has 2 aliphatic rings. The molecule has 0 amide bonds. The Morgan fingerprint density at radius 3 is 2.59 bits per heavy atom. The lowest BCUT2D eigenvalue weighted by molar-refractivity contribution is 0.157.